The number of hydrogen-bond donors (Lipinski definition) is 1. The van der Waals surface area contributed by atoms with E-state index >= 15 is 0 Å². The molecule has 1 saturated carbocycles. The van der Waals surface area contributed by atoms with Gasteiger partial charge in [-0.1, -0.05) is 36.4 Å². The van der Waals surface area contributed by atoms with Gasteiger partial charge in [-0.3, -0.25) is 14.9 Å². The van der Waals surface area contributed by atoms with Crippen LogP contribution in [-0.2, 0) is 4.79 Å². The summed E-state index contributed by atoms with van der Waals surface area (Å²) in [6, 6.07) is 13.9. The summed E-state index contributed by atoms with van der Waals surface area (Å²) >= 11 is 0. The molecule has 6 nitrogen and oxygen atoms in total. The van der Waals surface area contributed by atoms with Gasteiger partial charge in [0.25, 0.3) is 5.91 Å². The highest BCUT2D eigenvalue weighted by molar-refractivity contribution is 5.83. The Morgan fingerprint density at radius 2 is 1.96 bits per heavy atom. The lowest BCUT2D eigenvalue weighted by molar-refractivity contribution is -0.386. The van der Waals surface area contributed by atoms with Crippen LogP contribution >= 0.6 is 0 Å². The van der Waals surface area contributed by atoms with Gasteiger partial charge in [-0.25, -0.2) is 0 Å². The molecule has 24 heavy (non-hydrogen) atoms. The Hall–Kier alpha value is -2.89. The third-order valence-corrected chi connectivity index (χ3v) is 3.82. The highest BCUT2D eigenvalue weighted by atomic mass is 16.6. The fourth-order valence-corrected chi connectivity index (χ4v) is 2.40. The largest absolute Gasteiger partial charge is 0.469 e. The van der Waals surface area contributed by atoms with Gasteiger partial charge in [0, 0.05) is 17.7 Å². The fourth-order valence-electron chi connectivity index (χ4n) is 2.40. The van der Waals surface area contributed by atoms with Crippen LogP contribution in [0.25, 0.3) is 0 Å². The number of nitrogens with zero attached hydrogens (tertiary/aromatic N) is 1. The first-order chi connectivity index (χ1) is 11.5. The van der Waals surface area contributed by atoms with E-state index in [1.54, 1.807) is 37.3 Å². The minimum absolute atomic E-state index is 0.0883. The van der Waals surface area contributed by atoms with Crippen molar-refractivity contribution in [2.24, 2.45) is 0 Å². The van der Waals surface area contributed by atoms with E-state index in [2.05, 4.69) is 5.32 Å². The molecule has 0 radical (unpaired) electrons. The summed E-state index contributed by atoms with van der Waals surface area (Å²) in [4.78, 5) is 23.3. The molecule has 0 bridgehead atoms. The van der Waals surface area contributed by atoms with Crippen molar-refractivity contribution in [1.82, 2.24) is 5.32 Å². The van der Waals surface area contributed by atoms with Crippen LogP contribution < -0.4 is 10.1 Å². The molecule has 1 atom stereocenters. The Bertz CT molecular complexity index is 757. The van der Waals surface area contributed by atoms with Gasteiger partial charge in [0.15, 0.2) is 5.75 Å². The summed E-state index contributed by atoms with van der Waals surface area (Å²) in [5, 5.41) is 14.2. The molecule has 2 aromatic carbocycles. The molecule has 1 unspecified atom stereocenters. The molecule has 3 rings (SSSR count). The van der Waals surface area contributed by atoms with E-state index in [4.69, 9.17) is 4.74 Å². The van der Waals surface area contributed by atoms with Crippen molar-refractivity contribution >= 4 is 11.6 Å². The lowest BCUT2D eigenvalue weighted by Gasteiger charge is -2.19. The standard InChI is InChI=1S/C18H18N2O4/c1-12-7-10-16(15(11-12)20(22)23)24-17(13-5-3-2-4-6-13)18(21)19-14-8-9-14/h2-7,10-11,14,17H,8-9H2,1H3,(H,19,21). The van der Waals surface area contributed by atoms with Crippen molar-refractivity contribution in [3.63, 3.8) is 0 Å². The molecule has 0 aliphatic heterocycles. The number of nitro benzene ring substituents is 1. The van der Waals surface area contributed by atoms with Crippen LogP contribution in [0.5, 0.6) is 5.75 Å². The minimum Gasteiger partial charge on any atom is -0.469 e. The average Bonchev–Trinajstić information content (AvgIpc) is 3.38. The van der Waals surface area contributed by atoms with E-state index in [9.17, 15) is 14.9 Å². The van der Waals surface area contributed by atoms with Crippen LogP contribution in [-0.4, -0.2) is 16.9 Å². The van der Waals surface area contributed by atoms with E-state index in [1.165, 1.54) is 12.1 Å². The van der Waals surface area contributed by atoms with Crippen molar-refractivity contribution in [3.8, 4) is 5.75 Å². The van der Waals surface area contributed by atoms with Crippen LogP contribution in [0.3, 0.4) is 0 Å². The SMILES string of the molecule is Cc1ccc(OC(C(=O)NC2CC2)c2ccccc2)c([N+](=O)[O-])c1. The first kappa shape index (κ1) is 16.0. The van der Waals surface area contributed by atoms with E-state index in [1.807, 2.05) is 6.07 Å². The molecule has 0 aromatic heterocycles. The van der Waals surface area contributed by atoms with Gasteiger partial charge >= 0.3 is 5.69 Å². The summed E-state index contributed by atoms with van der Waals surface area (Å²) in [5.41, 5.74) is 1.27. The second-order valence-electron chi connectivity index (χ2n) is 5.92. The molecular weight excluding hydrogens is 308 g/mol. The second-order valence-corrected chi connectivity index (χ2v) is 5.92. The molecular formula is C18H18N2O4. The number of ether oxygens (including phenoxy) is 1. The highest BCUT2D eigenvalue weighted by Crippen LogP contribution is 2.32. The second kappa shape index (κ2) is 6.70. The highest BCUT2D eigenvalue weighted by Gasteiger charge is 2.31. The Morgan fingerprint density at radius 1 is 1.25 bits per heavy atom. The molecule has 1 aliphatic rings. The Balaban J connectivity index is 1.92. The van der Waals surface area contributed by atoms with Gasteiger partial charge in [0.05, 0.1) is 4.92 Å². The van der Waals surface area contributed by atoms with Gasteiger partial charge in [-0.2, -0.15) is 0 Å². The molecule has 124 valence electrons. The van der Waals surface area contributed by atoms with Crippen molar-refractivity contribution in [2.45, 2.75) is 31.9 Å². The predicted octanol–water partition coefficient (Wildman–Crippen LogP) is 3.30. The molecule has 1 N–H and O–H groups in total. The topological polar surface area (TPSA) is 81.5 Å². The van der Waals surface area contributed by atoms with Gasteiger partial charge in [-0.15, -0.1) is 0 Å². The van der Waals surface area contributed by atoms with Crippen LogP contribution in [0.4, 0.5) is 5.69 Å². The van der Waals surface area contributed by atoms with Gasteiger partial charge in [0.2, 0.25) is 6.10 Å². The van der Waals surface area contributed by atoms with E-state index in [0.29, 0.717) is 5.56 Å². The predicted molar refractivity (Wildman–Crippen MR) is 88.8 cm³/mol. The number of nitro groups is 1. The van der Waals surface area contributed by atoms with E-state index < -0.39 is 11.0 Å². The molecule has 6 heteroatoms. The van der Waals surface area contributed by atoms with Crippen LogP contribution in [0, 0.1) is 17.0 Å². The van der Waals surface area contributed by atoms with Crippen LogP contribution in [0.1, 0.15) is 30.1 Å². The molecule has 2 aromatic rings. The molecule has 1 fully saturated rings. The van der Waals surface area contributed by atoms with Crippen molar-refractivity contribution < 1.29 is 14.5 Å². The normalized spacial score (nSPS) is 14.7. The number of hydrogen-bond acceptors (Lipinski definition) is 4. The van der Waals surface area contributed by atoms with Gasteiger partial charge in [-0.05, 0) is 31.4 Å². The van der Waals surface area contributed by atoms with Crippen molar-refractivity contribution in [1.29, 1.82) is 0 Å². The lowest BCUT2D eigenvalue weighted by Crippen LogP contribution is -2.34. The number of carbonyl (C=O) groups excluding carboxylic acids is 1. The third-order valence-electron chi connectivity index (χ3n) is 3.82. The maximum atomic E-state index is 12.5. The number of aryl methyl sites for hydroxylation is 1. The number of rotatable bonds is 6. The fraction of sp³-hybridized carbons (Fsp3) is 0.278. The number of benzene rings is 2. The summed E-state index contributed by atoms with van der Waals surface area (Å²) < 4.78 is 5.78. The zero-order valence-electron chi connectivity index (χ0n) is 13.3. The van der Waals surface area contributed by atoms with Gasteiger partial charge in [0.1, 0.15) is 0 Å². The maximum Gasteiger partial charge on any atom is 0.311 e. The molecule has 1 aliphatic carbocycles. The van der Waals surface area contributed by atoms with Crippen molar-refractivity contribution in [2.75, 3.05) is 0 Å². The molecule has 1 amide bonds. The summed E-state index contributed by atoms with van der Waals surface area (Å²) in [6.07, 6.45) is 0.990. The van der Waals surface area contributed by atoms with Crippen molar-refractivity contribution in [3.05, 3.63) is 69.8 Å². The van der Waals surface area contributed by atoms with Crippen LogP contribution in [0.15, 0.2) is 48.5 Å². The summed E-state index contributed by atoms with van der Waals surface area (Å²) in [6.45, 7) is 1.77. The minimum atomic E-state index is -0.923. The third kappa shape index (κ3) is 3.71. The van der Waals surface area contributed by atoms with Crippen LogP contribution in [0.2, 0.25) is 0 Å². The summed E-state index contributed by atoms with van der Waals surface area (Å²) in [7, 11) is 0. The summed E-state index contributed by atoms with van der Waals surface area (Å²) in [5.74, 6) is -0.191. The first-order valence-corrected chi connectivity index (χ1v) is 7.81. The zero-order chi connectivity index (χ0) is 17.1. The number of carbonyl (C=O) groups is 1. The van der Waals surface area contributed by atoms with E-state index in [0.717, 1.165) is 18.4 Å². The van der Waals surface area contributed by atoms with E-state index in [-0.39, 0.29) is 23.4 Å². The van der Waals surface area contributed by atoms with Gasteiger partial charge < -0.3 is 10.1 Å². The average molecular weight is 326 g/mol. The smallest absolute Gasteiger partial charge is 0.311 e. The Morgan fingerprint density at radius 3 is 2.58 bits per heavy atom. The first-order valence-electron chi connectivity index (χ1n) is 7.81. The Labute approximate surface area is 139 Å². The Kier molecular flexibility index (Phi) is 4.46. The maximum absolute atomic E-state index is 12.5. The molecule has 0 heterocycles. The molecule has 0 spiro atoms. The quantitative estimate of drug-likeness (QED) is 0.652. The zero-order valence-corrected chi connectivity index (χ0v) is 13.3. The number of nitrogens with one attached hydrogen (secondary N) is 1. The monoisotopic (exact) mass is 326 g/mol. The molecule has 0 saturated heterocycles. The number of amides is 1. The lowest BCUT2D eigenvalue weighted by atomic mass is 10.1.